The zero-order chi connectivity index (χ0) is 16.5. The average molecular weight is 314 g/mol. The molecule has 24 heavy (non-hydrogen) atoms. The van der Waals surface area contributed by atoms with Gasteiger partial charge in [-0.05, 0) is 30.3 Å². The lowest BCUT2D eigenvalue weighted by Crippen LogP contribution is -1.99. The van der Waals surface area contributed by atoms with Crippen LogP contribution in [0.1, 0.15) is 10.4 Å². The Hall–Kier alpha value is -3.40. The van der Waals surface area contributed by atoms with Crippen molar-refractivity contribution in [1.29, 1.82) is 0 Å². The van der Waals surface area contributed by atoms with Crippen LogP contribution in [0.5, 0.6) is 0 Å². The fourth-order valence-electron chi connectivity index (χ4n) is 2.82. The summed E-state index contributed by atoms with van der Waals surface area (Å²) in [6, 6.07) is 24.7. The first-order chi connectivity index (χ1) is 11.7. The van der Waals surface area contributed by atoms with Gasteiger partial charge in [0, 0.05) is 10.9 Å². The molecule has 0 fully saturated rings. The van der Waals surface area contributed by atoms with E-state index in [0.717, 1.165) is 27.8 Å². The Morgan fingerprint density at radius 1 is 0.875 bits per heavy atom. The second-order valence-electron chi connectivity index (χ2n) is 5.50. The SMILES string of the molecule is O=C(O)c1ccc2c(-c3ccccc3)nn(-c3ccccc3)c2c1. The Balaban J connectivity index is 2.04. The number of carboxylic acid groups (broad SMARTS) is 1. The number of carbonyl (C=O) groups is 1. The number of aromatic carboxylic acids is 1. The molecular formula is C20H14N2O2. The highest BCUT2D eigenvalue weighted by Gasteiger charge is 2.15. The molecule has 1 heterocycles. The third-order valence-electron chi connectivity index (χ3n) is 3.98. The van der Waals surface area contributed by atoms with Gasteiger partial charge in [-0.2, -0.15) is 5.10 Å². The molecular weight excluding hydrogens is 300 g/mol. The van der Waals surface area contributed by atoms with Crippen LogP contribution in [0.25, 0.3) is 27.8 Å². The number of aromatic nitrogens is 2. The normalized spacial score (nSPS) is 10.8. The van der Waals surface area contributed by atoms with E-state index in [1.807, 2.05) is 66.7 Å². The Bertz CT molecular complexity index is 1020. The summed E-state index contributed by atoms with van der Waals surface area (Å²) in [6.45, 7) is 0. The zero-order valence-corrected chi connectivity index (χ0v) is 12.8. The zero-order valence-electron chi connectivity index (χ0n) is 12.8. The van der Waals surface area contributed by atoms with Crippen LogP contribution in [-0.2, 0) is 0 Å². The van der Waals surface area contributed by atoms with Gasteiger partial charge in [0.25, 0.3) is 0 Å². The second-order valence-corrected chi connectivity index (χ2v) is 5.50. The van der Waals surface area contributed by atoms with Crippen LogP contribution in [0.2, 0.25) is 0 Å². The molecule has 0 spiro atoms. The summed E-state index contributed by atoms with van der Waals surface area (Å²) in [5.41, 5.74) is 3.76. The Kier molecular flexibility index (Phi) is 3.35. The molecule has 0 unspecified atom stereocenters. The number of benzene rings is 3. The van der Waals surface area contributed by atoms with Crippen LogP contribution < -0.4 is 0 Å². The van der Waals surface area contributed by atoms with Crippen molar-refractivity contribution < 1.29 is 9.90 Å². The minimum Gasteiger partial charge on any atom is -0.478 e. The number of fused-ring (bicyclic) bond motifs is 1. The maximum Gasteiger partial charge on any atom is 0.335 e. The molecule has 3 aromatic carbocycles. The lowest BCUT2D eigenvalue weighted by molar-refractivity contribution is 0.0697. The van der Waals surface area contributed by atoms with Crippen molar-refractivity contribution in [3.63, 3.8) is 0 Å². The van der Waals surface area contributed by atoms with Gasteiger partial charge in [-0.1, -0.05) is 48.5 Å². The number of hydrogen-bond acceptors (Lipinski definition) is 2. The van der Waals surface area contributed by atoms with Gasteiger partial charge in [0.15, 0.2) is 0 Å². The maximum absolute atomic E-state index is 11.3. The first-order valence-corrected chi connectivity index (χ1v) is 7.61. The van der Waals surface area contributed by atoms with Crippen LogP contribution in [0, 0.1) is 0 Å². The highest BCUT2D eigenvalue weighted by molar-refractivity contribution is 5.99. The van der Waals surface area contributed by atoms with Gasteiger partial charge in [-0.25, -0.2) is 9.48 Å². The van der Waals surface area contributed by atoms with E-state index in [2.05, 4.69) is 0 Å². The fraction of sp³-hybridized carbons (Fsp3) is 0. The summed E-state index contributed by atoms with van der Waals surface area (Å²) >= 11 is 0. The predicted molar refractivity (Wildman–Crippen MR) is 93.5 cm³/mol. The molecule has 4 nitrogen and oxygen atoms in total. The van der Waals surface area contributed by atoms with Crippen LogP contribution in [0.15, 0.2) is 78.9 Å². The molecule has 0 radical (unpaired) electrons. The smallest absolute Gasteiger partial charge is 0.335 e. The summed E-state index contributed by atoms with van der Waals surface area (Å²) in [4.78, 5) is 11.3. The van der Waals surface area contributed by atoms with E-state index in [0.29, 0.717) is 0 Å². The molecule has 4 rings (SSSR count). The molecule has 0 saturated heterocycles. The summed E-state index contributed by atoms with van der Waals surface area (Å²) in [6.07, 6.45) is 0. The van der Waals surface area contributed by atoms with E-state index < -0.39 is 5.97 Å². The Morgan fingerprint density at radius 3 is 2.21 bits per heavy atom. The topological polar surface area (TPSA) is 55.1 Å². The van der Waals surface area contributed by atoms with E-state index in [9.17, 15) is 9.90 Å². The van der Waals surface area contributed by atoms with Gasteiger partial charge in [0.05, 0.1) is 16.8 Å². The van der Waals surface area contributed by atoms with Crippen molar-refractivity contribution in [1.82, 2.24) is 9.78 Å². The molecule has 1 N–H and O–H groups in total. The molecule has 0 atom stereocenters. The lowest BCUT2D eigenvalue weighted by atomic mass is 10.1. The first kappa shape index (κ1) is 14.2. The van der Waals surface area contributed by atoms with Crippen molar-refractivity contribution in [2.24, 2.45) is 0 Å². The van der Waals surface area contributed by atoms with E-state index in [-0.39, 0.29) is 5.56 Å². The first-order valence-electron chi connectivity index (χ1n) is 7.61. The molecule has 0 aliphatic rings. The third-order valence-corrected chi connectivity index (χ3v) is 3.98. The number of nitrogens with zero attached hydrogens (tertiary/aromatic N) is 2. The Labute approximate surface area is 138 Å². The van der Waals surface area contributed by atoms with Gasteiger partial charge in [0.2, 0.25) is 0 Å². The number of hydrogen-bond donors (Lipinski definition) is 1. The molecule has 0 aliphatic heterocycles. The predicted octanol–water partition coefficient (Wildman–Crippen LogP) is 4.39. The van der Waals surface area contributed by atoms with Gasteiger partial charge in [-0.3, -0.25) is 0 Å². The standard InChI is InChI=1S/C20H14N2O2/c23-20(24)15-11-12-17-18(13-15)22(16-9-5-2-6-10-16)21-19(17)14-7-3-1-4-8-14/h1-13H,(H,23,24). The van der Waals surface area contributed by atoms with E-state index in [4.69, 9.17) is 5.10 Å². The van der Waals surface area contributed by atoms with Crippen molar-refractivity contribution in [2.75, 3.05) is 0 Å². The highest BCUT2D eigenvalue weighted by atomic mass is 16.4. The monoisotopic (exact) mass is 314 g/mol. The van der Waals surface area contributed by atoms with Crippen LogP contribution >= 0.6 is 0 Å². The number of carboxylic acids is 1. The quantitative estimate of drug-likeness (QED) is 0.610. The molecule has 0 aliphatic carbocycles. The van der Waals surface area contributed by atoms with Crippen molar-refractivity contribution >= 4 is 16.9 Å². The molecule has 1 aromatic heterocycles. The molecule has 0 amide bonds. The van der Waals surface area contributed by atoms with Gasteiger partial charge < -0.3 is 5.11 Å². The third kappa shape index (κ3) is 2.34. The van der Waals surface area contributed by atoms with Crippen molar-refractivity contribution in [2.45, 2.75) is 0 Å². The summed E-state index contributed by atoms with van der Waals surface area (Å²) < 4.78 is 1.80. The van der Waals surface area contributed by atoms with E-state index in [1.54, 1.807) is 16.8 Å². The van der Waals surface area contributed by atoms with Crippen molar-refractivity contribution in [3.8, 4) is 16.9 Å². The summed E-state index contributed by atoms with van der Waals surface area (Å²) in [7, 11) is 0. The van der Waals surface area contributed by atoms with Gasteiger partial charge in [-0.15, -0.1) is 0 Å². The van der Waals surface area contributed by atoms with E-state index >= 15 is 0 Å². The van der Waals surface area contributed by atoms with E-state index in [1.165, 1.54) is 0 Å². The summed E-state index contributed by atoms with van der Waals surface area (Å²) in [5.74, 6) is -0.945. The average Bonchev–Trinajstić information content (AvgIpc) is 3.02. The van der Waals surface area contributed by atoms with Crippen LogP contribution in [0.4, 0.5) is 0 Å². The lowest BCUT2D eigenvalue weighted by Gasteiger charge is -2.03. The largest absolute Gasteiger partial charge is 0.478 e. The molecule has 0 bridgehead atoms. The summed E-state index contributed by atoms with van der Waals surface area (Å²) in [5, 5.41) is 15.0. The molecule has 4 aromatic rings. The minimum atomic E-state index is -0.945. The Morgan fingerprint density at radius 2 is 1.54 bits per heavy atom. The number of para-hydroxylation sites is 1. The molecule has 116 valence electrons. The second kappa shape index (κ2) is 5.66. The van der Waals surface area contributed by atoms with Crippen molar-refractivity contribution in [3.05, 3.63) is 84.4 Å². The molecule has 4 heteroatoms. The maximum atomic E-state index is 11.3. The highest BCUT2D eigenvalue weighted by Crippen LogP contribution is 2.30. The van der Waals surface area contributed by atoms with Gasteiger partial charge >= 0.3 is 5.97 Å². The minimum absolute atomic E-state index is 0.249. The van der Waals surface area contributed by atoms with Crippen LogP contribution in [0.3, 0.4) is 0 Å². The molecule has 0 saturated carbocycles. The van der Waals surface area contributed by atoms with Gasteiger partial charge in [0.1, 0.15) is 5.69 Å². The van der Waals surface area contributed by atoms with Crippen LogP contribution in [-0.4, -0.2) is 20.9 Å². The fourth-order valence-corrected chi connectivity index (χ4v) is 2.82. The number of rotatable bonds is 3.